The van der Waals surface area contributed by atoms with Crippen molar-refractivity contribution in [2.75, 3.05) is 185 Å². The number of ether oxygens (including phenoxy) is 13. The predicted octanol–water partition coefficient (Wildman–Crippen LogP) is 7.52. The summed E-state index contributed by atoms with van der Waals surface area (Å²) in [5, 5.41) is 14.5. The third-order valence-electron chi connectivity index (χ3n) is 12.8. The maximum absolute atomic E-state index is 13.2. The van der Waals surface area contributed by atoms with E-state index in [9.17, 15) is 24.0 Å². The third kappa shape index (κ3) is 60.4. The number of carbonyl (C=O) groups excluding carboxylic acids is 4. The fourth-order valence-corrected chi connectivity index (χ4v) is 7.89. The number of amides is 3. The zero-order valence-electron chi connectivity index (χ0n) is 52.5. The van der Waals surface area contributed by atoms with Gasteiger partial charge in [0.25, 0.3) is 0 Å². The van der Waals surface area contributed by atoms with Crippen molar-refractivity contribution in [3.63, 3.8) is 0 Å². The fourth-order valence-electron chi connectivity index (χ4n) is 7.89. The molecular formula is C61H117N3O19. The van der Waals surface area contributed by atoms with E-state index in [1.807, 2.05) is 4.90 Å². The van der Waals surface area contributed by atoms with Gasteiger partial charge in [0.1, 0.15) is 0 Å². The van der Waals surface area contributed by atoms with Gasteiger partial charge in [-0.15, -0.1) is 0 Å². The number of esters is 1. The number of carbonyl (C=O) groups is 5. The summed E-state index contributed by atoms with van der Waals surface area (Å²) in [6.07, 6.45) is 19.6. The number of nitrogens with one attached hydrogen (secondary N) is 2. The summed E-state index contributed by atoms with van der Waals surface area (Å²) in [5.74, 6) is -1.12. The first-order valence-electron chi connectivity index (χ1n) is 31.6. The van der Waals surface area contributed by atoms with Gasteiger partial charge in [-0.3, -0.25) is 24.0 Å². The van der Waals surface area contributed by atoms with E-state index in [2.05, 4.69) is 17.6 Å². The minimum absolute atomic E-state index is 0.0363. The van der Waals surface area contributed by atoms with Crippen molar-refractivity contribution in [1.82, 2.24) is 15.5 Å². The van der Waals surface area contributed by atoms with E-state index in [-0.39, 0.29) is 55.8 Å². The molecule has 0 bridgehead atoms. The number of unbranched alkanes of at least 4 members (excludes halogenated alkanes) is 14. The largest absolute Gasteiger partial charge is 0.481 e. The molecule has 0 unspecified atom stereocenters. The number of rotatable bonds is 67. The number of nitrogens with zero attached hydrogens (tertiary/aromatic N) is 1. The molecule has 0 fully saturated rings. The predicted molar refractivity (Wildman–Crippen MR) is 318 cm³/mol. The van der Waals surface area contributed by atoms with E-state index in [4.69, 9.17) is 66.7 Å². The van der Waals surface area contributed by atoms with Crippen LogP contribution in [0.2, 0.25) is 0 Å². The van der Waals surface area contributed by atoms with Crippen LogP contribution in [0, 0.1) is 5.41 Å². The molecule has 0 aromatic rings. The monoisotopic (exact) mass is 1200 g/mol. The van der Waals surface area contributed by atoms with Crippen molar-refractivity contribution in [1.29, 1.82) is 0 Å². The lowest BCUT2D eigenvalue weighted by Gasteiger charge is -2.24. The molecule has 0 saturated carbocycles. The summed E-state index contributed by atoms with van der Waals surface area (Å²) in [6, 6.07) is 0. The first kappa shape index (κ1) is 79.9. The highest BCUT2D eigenvalue weighted by Crippen LogP contribution is 2.18. The average Bonchev–Trinajstić information content (AvgIpc) is 3.51. The van der Waals surface area contributed by atoms with Gasteiger partial charge in [0.15, 0.2) is 0 Å². The Bertz CT molecular complexity index is 1480. The minimum atomic E-state index is -0.804. The Morgan fingerprint density at radius 1 is 0.386 bits per heavy atom. The topological polar surface area (TPSA) is 253 Å². The number of hydrogen-bond donors (Lipinski definition) is 3. The minimum Gasteiger partial charge on any atom is -0.481 e. The van der Waals surface area contributed by atoms with Crippen LogP contribution in [0.5, 0.6) is 0 Å². The highest BCUT2D eigenvalue weighted by Gasteiger charge is 2.30. The maximum Gasteiger partial charge on any atom is 0.313 e. The number of carboxylic acids is 1. The van der Waals surface area contributed by atoms with Gasteiger partial charge in [-0.1, -0.05) is 90.4 Å². The van der Waals surface area contributed by atoms with Gasteiger partial charge in [-0.05, 0) is 53.4 Å². The van der Waals surface area contributed by atoms with E-state index >= 15 is 0 Å². The van der Waals surface area contributed by atoms with Gasteiger partial charge in [-0.25, -0.2) is 0 Å². The first-order chi connectivity index (χ1) is 40.4. The number of hydrogen-bond acceptors (Lipinski definition) is 18. The molecule has 22 heteroatoms. The molecule has 490 valence electrons. The Hall–Kier alpha value is -3.13. The van der Waals surface area contributed by atoms with Crippen molar-refractivity contribution >= 4 is 29.7 Å². The van der Waals surface area contributed by atoms with E-state index < -0.39 is 11.4 Å². The summed E-state index contributed by atoms with van der Waals surface area (Å²) in [5.41, 5.74) is -0.804. The normalized spacial score (nSPS) is 11.6. The Morgan fingerprint density at radius 3 is 1.10 bits per heavy atom. The molecular weight excluding hydrogens is 1080 g/mol. The second-order valence-electron chi connectivity index (χ2n) is 21.2. The Labute approximate surface area is 500 Å². The van der Waals surface area contributed by atoms with Crippen LogP contribution in [0.15, 0.2) is 0 Å². The molecule has 0 radical (unpaired) electrons. The molecule has 0 heterocycles. The van der Waals surface area contributed by atoms with Gasteiger partial charge < -0.3 is 82.2 Å². The SMILES string of the molecule is CCCCCCCCCCCN(CCCC(=O)NCCOCCOCCOCCOCCOCCOCCOCCOCCOCCOCCOCCOCCC(=O)NCC(C)(C)C(=O)OC(C)C)C(=O)CCCCCCCCCC(=O)O. The van der Waals surface area contributed by atoms with Gasteiger partial charge in [-0.2, -0.15) is 0 Å². The average molecular weight is 1200 g/mol. The standard InChI is InChI=1S/C61H117N3O19/c1-6-7-8-9-10-11-15-18-21-28-64(58(67)24-19-16-13-12-14-17-20-25-59(68)69)29-22-23-56(65)62-27-31-72-33-35-74-37-39-76-41-43-78-45-47-80-49-51-82-53-52-81-50-48-79-46-44-77-42-40-75-38-36-73-34-32-71-30-26-57(66)63-54-61(4,5)60(70)83-55(2)3/h55H,6-54H2,1-5H3,(H,62,65)(H,63,66)(H,68,69). The zero-order valence-corrected chi connectivity index (χ0v) is 52.5. The summed E-state index contributed by atoms with van der Waals surface area (Å²) in [6.45, 7) is 21.7. The molecule has 0 aromatic carbocycles. The van der Waals surface area contributed by atoms with Gasteiger partial charge >= 0.3 is 11.9 Å². The van der Waals surface area contributed by atoms with Crippen LogP contribution < -0.4 is 10.6 Å². The summed E-state index contributed by atoms with van der Waals surface area (Å²) in [4.78, 5) is 62.6. The Kier molecular flexibility index (Phi) is 59.6. The van der Waals surface area contributed by atoms with E-state index in [1.54, 1.807) is 27.7 Å². The van der Waals surface area contributed by atoms with Crippen LogP contribution in [-0.4, -0.2) is 231 Å². The van der Waals surface area contributed by atoms with Crippen LogP contribution in [0.4, 0.5) is 0 Å². The van der Waals surface area contributed by atoms with Crippen LogP contribution in [0.3, 0.4) is 0 Å². The van der Waals surface area contributed by atoms with Crippen LogP contribution in [0.25, 0.3) is 0 Å². The highest BCUT2D eigenvalue weighted by molar-refractivity contribution is 5.80. The van der Waals surface area contributed by atoms with Gasteiger partial charge in [0.05, 0.1) is 170 Å². The summed E-state index contributed by atoms with van der Waals surface area (Å²) >= 11 is 0. The fraction of sp³-hybridized carbons (Fsp3) is 0.918. The highest BCUT2D eigenvalue weighted by atomic mass is 16.6. The quantitative estimate of drug-likeness (QED) is 0.0393. The van der Waals surface area contributed by atoms with Crippen LogP contribution >= 0.6 is 0 Å². The van der Waals surface area contributed by atoms with Crippen molar-refractivity contribution in [2.24, 2.45) is 5.41 Å². The molecule has 0 aliphatic carbocycles. The smallest absolute Gasteiger partial charge is 0.313 e. The van der Waals surface area contributed by atoms with E-state index in [1.165, 1.54) is 44.9 Å². The molecule has 3 N–H and O–H groups in total. The van der Waals surface area contributed by atoms with Crippen molar-refractivity contribution in [3.8, 4) is 0 Å². The van der Waals surface area contributed by atoms with E-state index in [0.29, 0.717) is 184 Å². The first-order valence-corrected chi connectivity index (χ1v) is 31.6. The van der Waals surface area contributed by atoms with Crippen LogP contribution in [-0.2, 0) is 85.6 Å². The summed E-state index contributed by atoms with van der Waals surface area (Å²) in [7, 11) is 0. The second-order valence-corrected chi connectivity index (χ2v) is 21.2. The zero-order chi connectivity index (χ0) is 60.8. The second kappa shape index (κ2) is 61.9. The molecule has 0 aliphatic rings. The molecule has 0 saturated heterocycles. The molecule has 22 nitrogen and oxygen atoms in total. The molecule has 3 amide bonds. The van der Waals surface area contributed by atoms with Crippen LogP contribution in [0.1, 0.15) is 169 Å². The molecule has 83 heavy (non-hydrogen) atoms. The molecule has 0 aromatic heterocycles. The Balaban J connectivity index is 3.57. The lowest BCUT2D eigenvalue weighted by molar-refractivity contribution is -0.157. The maximum atomic E-state index is 13.2. The molecule has 0 atom stereocenters. The lowest BCUT2D eigenvalue weighted by atomic mass is 9.93. The third-order valence-corrected chi connectivity index (χ3v) is 12.8. The Morgan fingerprint density at radius 2 is 0.711 bits per heavy atom. The van der Waals surface area contributed by atoms with Crippen molar-refractivity contribution < 1.29 is 90.7 Å². The van der Waals surface area contributed by atoms with Gasteiger partial charge in [0, 0.05) is 51.9 Å². The molecule has 0 spiro atoms. The number of aliphatic carboxylic acids is 1. The molecule has 0 aliphatic heterocycles. The summed E-state index contributed by atoms with van der Waals surface area (Å²) < 4.78 is 71.5. The van der Waals surface area contributed by atoms with Gasteiger partial charge in [0.2, 0.25) is 17.7 Å². The lowest BCUT2D eigenvalue weighted by Crippen LogP contribution is -2.40. The van der Waals surface area contributed by atoms with Crippen molar-refractivity contribution in [2.45, 2.75) is 176 Å². The molecule has 0 rings (SSSR count). The van der Waals surface area contributed by atoms with E-state index in [0.717, 1.165) is 64.3 Å². The number of carboxylic acid groups (broad SMARTS) is 1. The van der Waals surface area contributed by atoms with Crippen molar-refractivity contribution in [3.05, 3.63) is 0 Å².